The summed E-state index contributed by atoms with van der Waals surface area (Å²) in [6, 6.07) is 0. The molecule has 0 amide bonds. The van der Waals surface area contributed by atoms with Gasteiger partial charge in [-0.3, -0.25) is 9.59 Å². The summed E-state index contributed by atoms with van der Waals surface area (Å²) in [4.78, 5) is 23.5. The number of ether oxygens (including phenoxy) is 2. The molecular weight excluding hydrogens is 460 g/mol. The molecule has 37 heavy (non-hydrogen) atoms. The predicted molar refractivity (Wildman–Crippen MR) is 148 cm³/mol. The fourth-order valence-electron chi connectivity index (χ4n) is 11.2. The molecule has 0 heterocycles. The molecule has 4 heteroatoms. The van der Waals surface area contributed by atoms with Crippen molar-refractivity contribution in [3.63, 3.8) is 0 Å². The van der Waals surface area contributed by atoms with E-state index in [-0.39, 0.29) is 22.8 Å². The summed E-state index contributed by atoms with van der Waals surface area (Å²) in [5.74, 6) is 9.99. The van der Waals surface area contributed by atoms with E-state index in [1.807, 2.05) is 0 Å². The number of esters is 2. The van der Waals surface area contributed by atoms with Crippen molar-refractivity contribution in [3.8, 4) is 0 Å². The summed E-state index contributed by atoms with van der Waals surface area (Å²) >= 11 is 0. The van der Waals surface area contributed by atoms with Crippen molar-refractivity contribution in [2.75, 3.05) is 14.2 Å². The highest BCUT2D eigenvalue weighted by Gasteiger charge is 2.70. The second-order valence-electron chi connectivity index (χ2n) is 14.5. The molecule has 14 unspecified atom stereocenters. The molecule has 0 N–H and O–H groups in total. The van der Waals surface area contributed by atoms with Crippen molar-refractivity contribution >= 4 is 11.9 Å². The lowest BCUT2D eigenvalue weighted by Gasteiger charge is -2.50. The highest BCUT2D eigenvalue weighted by molar-refractivity contribution is 5.70. The summed E-state index contributed by atoms with van der Waals surface area (Å²) in [7, 11) is 3.03. The highest BCUT2D eigenvalue weighted by Crippen LogP contribution is 2.75. The fourth-order valence-corrected chi connectivity index (χ4v) is 11.2. The van der Waals surface area contributed by atoms with E-state index in [0.717, 1.165) is 53.3 Å². The van der Waals surface area contributed by atoms with Crippen LogP contribution in [-0.2, 0) is 19.1 Å². The molecule has 14 atom stereocenters. The van der Waals surface area contributed by atoms with E-state index >= 15 is 0 Å². The number of carbonyl (C=O) groups is 2. The third-order valence-electron chi connectivity index (χ3n) is 14.0. The van der Waals surface area contributed by atoms with Gasteiger partial charge in [-0.25, -0.2) is 0 Å². The summed E-state index contributed by atoms with van der Waals surface area (Å²) in [5, 5.41) is 0. The third-order valence-corrected chi connectivity index (χ3v) is 14.0. The number of carbonyl (C=O) groups excluding carboxylic acids is 2. The minimum atomic E-state index is -0.0513. The van der Waals surface area contributed by atoms with Gasteiger partial charge < -0.3 is 9.47 Å². The maximum absolute atomic E-state index is 11.9. The standard InChI is InChI=1S/C19H30O2.C14H26O2/c1-9-10(2)13-6-12(9)17-14-7-15(18(13)17)19(4,11(14)3)8-16(20)21-5;1-6-11-8-12(7-2)14(4,10(11)3)9-13(15)16-5/h9-15,17-18H,6-8H2,1-5H3;10-12H,6-9H2,1-5H3. The van der Waals surface area contributed by atoms with Crippen molar-refractivity contribution < 1.29 is 19.1 Å². The van der Waals surface area contributed by atoms with E-state index in [9.17, 15) is 9.59 Å². The van der Waals surface area contributed by atoms with Crippen LogP contribution in [0.1, 0.15) is 100 Å². The predicted octanol–water partition coefficient (Wildman–Crippen LogP) is 7.64. The first-order chi connectivity index (χ1) is 17.4. The molecule has 0 aliphatic heterocycles. The molecule has 0 aromatic heterocycles. The summed E-state index contributed by atoms with van der Waals surface area (Å²) < 4.78 is 9.85. The van der Waals surface area contributed by atoms with Gasteiger partial charge >= 0.3 is 11.9 Å². The first kappa shape index (κ1) is 28.9. The first-order valence-corrected chi connectivity index (χ1v) is 15.5. The SMILES string of the molecule is CCC1CC(CC)C(C)(CC(=O)OC)C1C.COC(=O)CC1(C)C(C)C2CC1C1C3CC(C(C)C3C)C21. The molecule has 0 radical (unpaired) electrons. The third kappa shape index (κ3) is 4.39. The molecule has 5 aliphatic carbocycles. The molecule has 5 aliphatic rings. The number of hydrogen-bond acceptors (Lipinski definition) is 4. The van der Waals surface area contributed by atoms with Gasteiger partial charge in [0.25, 0.3) is 0 Å². The number of methoxy groups -OCH3 is 2. The van der Waals surface area contributed by atoms with E-state index in [1.54, 1.807) is 0 Å². The Labute approximate surface area is 227 Å². The van der Waals surface area contributed by atoms with E-state index < -0.39 is 0 Å². The van der Waals surface area contributed by atoms with Gasteiger partial charge in [0.15, 0.2) is 0 Å². The molecule has 4 bridgehead atoms. The molecule has 0 spiro atoms. The van der Waals surface area contributed by atoms with Crippen LogP contribution >= 0.6 is 0 Å². The number of fused-ring (bicyclic) bond motifs is 9. The van der Waals surface area contributed by atoms with Crippen molar-refractivity contribution in [1.29, 1.82) is 0 Å². The Hall–Kier alpha value is -1.06. The minimum Gasteiger partial charge on any atom is -0.469 e. The van der Waals surface area contributed by atoms with Gasteiger partial charge in [-0.2, -0.15) is 0 Å². The van der Waals surface area contributed by atoms with Crippen LogP contribution in [0.25, 0.3) is 0 Å². The zero-order chi connectivity index (χ0) is 27.4. The van der Waals surface area contributed by atoms with Crippen LogP contribution in [0.5, 0.6) is 0 Å². The van der Waals surface area contributed by atoms with Crippen LogP contribution in [0.15, 0.2) is 0 Å². The van der Waals surface area contributed by atoms with Gasteiger partial charge in [-0.05, 0) is 101 Å². The average Bonchev–Trinajstić information content (AvgIpc) is 3.63. The Morgan fingerprint density at radius 3 is 1.76 bits per heavy atom. The summed E-state index contributed by atoms with van der Waals surface area (Å²) in [6.07, 6.45) is 7.77. The zero-order valence-electron chi connectivity index (χ0n) is 25.5. The van der Waals surface area contributed by atoms with Crippen LogP contribution in [0.4, 0.5) is 0 Å². The molecule has 0 aromatic carbocycles. The van der Waals surface area contributed by atoms with Crippen molar-refractivity contribution in [3.05, 3.63) is 0 Å². The Bertz CT molecular complexity index is 849. The molecule has 212 valence electrons. The van der Waals surface area contributed by atoms with Gasteiger partial charge in [0.05, 0.1) is 27.1 Å². The van der Waals surface area contributed by atoms with E-state index in [1.165, 1.54) is 46.3 Å². The molecular formula is C33H56O4. The van der Waals surface area contributed by atoms with Crippen LogP contribution in [0.2, 0.25) is 0 Å². The normalized spacial score (nSPS) is 51.0. The number of hydrogen-bond donors (Lipinski definition) is 0. The molecule has 4 nitrogen and oxygen atoms in total. The van der Waals surface area contributed by atoms with Gasteiger partial charge in [0, 0.05) is 0 Å². The lowest BCUT2D eigenvalue weighted by molar-refractivity contribution is -0.147. The lowest BCUT2D eigenvalue weighted by Crippen LogP contribution is -2.47. The second kappa shape index (κ2) is 10.5. The fraction of sp³-hybridized carbons (Fsp3) is 0.939. The largest absolute Gasteiger partial charge is 0.469 e. The molecule has 0 saturated heterocycles. The Morgan fingerprint density at radius 2 is 1.24 bits per heavy atom. The molecule has 5 fully saturated rings. The second-order valence-corrected chi connectivity index (χ2v) is 14.5. The van der Waals surface area contributed by atoms with Crippen molar-refractivity contribution in [2.24, 2.45) is 81.8 Å². The average molecular weight is 517 g/mol. The zero-order valence-corrected chi connectivity index (χ0v) is 25.5. The maximum atomic E-state index is 11.9. The molecule has 5 rings (SSSR count). The van der Waals surface area contributed by atoms with Gasteiger partial charge in [-0.1, -0.05) is 68.2 Å². The summed E-state index contributed by atoms with van der Waals surface area (Å²) in [6.45, 7) is 18.9. The van der Waals surface area contributed by atoms with Crippen LogP contribution in [0, 0.1) is 81.8 Å². The van der Waals surface area contributed by atoms with E-state index in [2.05, 4.69) is 55.4 Å². The monoisotopic (exact) mass is 516 g/mol. The Morgan fingerprint density at radius 1 is 0.703 bits per heavy atom. The van der Waals surface area contributed by atoms with Crippen LogP contribution in [0.3, 0.4) is 0 Å². The van der Waals surface area contributed by atoms with Crippen LogP contribution < -0.4 is 0 Å². The van der Waals surface area contributed by atoms with Crippen LogP contribution in [-0.4, -0.2) is 26.2 Å². The maximum Gasteiger partial charge on any atom is 0.306 e. The lowest BCUT2D eigenvalue weighted by atomic mass is 9.54. The van der Waals surface area contributed by atoms with E-state index in [4.69, 9.17) is 9.47 Å². The summed E-state index contributed by atoms with van der Waals surface area (Å²) in [5.41, 5.74) is 0.328. The van der Waals surface area contributed by atoms with Gasteiger partial charge in [-0.15, -0.1) is 0 Å². The Balaban J connectivity index is 0.000000181. The highest BCUT2D eigenvalue weighted by atomic mass is 16.5. The van der Waals surface area contributed by atoms with Crippen molar-refractivity contribution in [1.82, 2.24) is 0 Å². The van der Waals surface area contributed by atoms with Gasteiger partial charge in [0.2, 0.25) is 0 Å². The minimum absolute atomic E-state index is 0.00183. The number of rotatable bonds is 6. The molecule has 0 aromatic rings. The van der Waals surface area contributed by atoms with Gasteiger partial charge in [0.1, 0.15) is 0 Å². The molecule has 5 saturated carbocycles. The Kier molecular flexibility index (Phi) is 8.20. The van der Waals surface area contributed by atoms with Crippen molar-refractivity contribution in [2.45, 2.75) is 100 Å². The first-order valence-electron chi connectivity index (χ1n) is 15.5. The topological polar surface area (TPSA) is 52.6 Å². The van der Waals surface area contributed by atoms with E-state index in [0.29, 0.717) is 30.6 Å². The quantitative estimate of drug-likeness (QED) is 0.269. The smallest absolute Gasteiger partial charge is 0.306 e.